The van der Waals surface area contributed by atoms with Crippen LogP contribution in [0.25, 0.3) is 10.8 Å². The van der Waals surface area contributed by atoms with Crippen LogP contribution in [0.15, 0.2) is 54.9 Å². The molecule has 0 saturated heterocycles. The minimum Gasteiger partial charge on any atom is -0.396 e. The van der Waals surface area contributed by atoms with E-state index < -0.39 is 11.7 Å². The number of rotatable bonds is 2. The summed E-state index contributed by atoms with van der Waals surface area (Å²) in [5, 5.41) is 4.52. The third-order valence-corrected chi connectivity index (χ3v) is 3.23. The summed E-state index contributed by atoms with van der Waals surface area (Å²) in [5.41, 5.74) is 6.19. The Labute approximate surface area is 120 Å². The highest BCUT2D eigenvalue weighted by Crippen LogP contribution is 2.24. The number of para-hydroxylation sites is 1. The van der Waals surface area contributed by atoms with Gasteiger partial charge in [-0.1, -0.05) is 18.2 Å². The molecule has 0 radical (unpaired) electrons. The molecule has 0 spiro atoms. The monoisotopic (exact) mass is 281 g/mol. The zero-order valence-corrected chi connectivity index (χ0v) is 11.0. The maximum atomic E-state index is 13.4. The van der Waals surface area contributed by atoms with Crippen molar-refractivity contribution < 1.29 is 9.18 Å². The Kier molecular flexibility index (Phi) is 3.23. The van der Waals surface area contributed by atoms with E-state index in [2.05, 4.69) is 10.3 Å². The lowest BCUT2D eigenvalue weighted by molar-refractivity contribution is 0.102. The number of carbonyl (C=O) groups excluding carboxylic acids is 1. The number of carbonyl (C=O) groups is 1. The number of aromatic nitrogens is 1. The Balaban J connectivity index is 1.99. The molecule has 4 nitrogen and oxygen atoms in total. The molecule has 0 unspecified atom stereocenters. The van der Waals surface area contributed by atoms with Crippen molar-refractivity contribution in [2.24, 2.45) is 0 Å². The highest BCUT2D eigenvalue weighted by molar-refractivity contribution is 6.11. The van der Waals surface area contributed by atoms with E-state index in [-0.39, 0.29) is 11.3 Å². The van der Waals surface area contributed by atoms with Crippen molar-refractivity contribution in [3.05, 3.63) is 66.2 Å². The molecule has 0 fully saturated rings. The summed E-state index contributed by atoms with van der Waals surface area (Å²) < 4.78 is 13.4. The van der Waals surface area contributed by atoms with Gasteiger partial charge in [0.15, 0.2) is 0 Å². The van der Waals surface area contributed by atoms with Crippen molar-refractivity contribution in [1.29, 1.82) is 0 Å². The highest BCUT2D eigenvalue weighted by atomic mass is 19.1. The Morgan fingerprint density at radius 1 is 1.14 bits per heavy atom. The fourth-order valence-electron chi connectivity index (χ4n) is 2.16. The Morgan fingerprint density at radius 3 is 2.81 bits per heavy atom. The Bertz CT molecular complexity index is 827. The summed E-state index contributed by atoms with van der Waals surface area (Å²) >= 11 is 0. The van der Waals surface area contributed by atoms with Gasteiger partial charge in [0.25, 0.3) is 5.91 Å². The first-order valence-electron chi connectivity index (χ1n) is 6.35. The molecule has 3 aromatic rings. The second kappa shape index (κ2) is 5.20. The van der Waals surface area contributed by atoms with E-state index in [0.717, 1.165) is 10.8 Å². The van der Waals surface area contributed by atoms with E-state index in [1.165, 1.54) is 18.2 Å². The number of halogens is 1. The van der Waals surface area contributed by atoms with Gasteiger partial charge in [0, 0.05) is 28.9 Å². The molecule has 1 amide bonds. The molecule has 0 aliphatic carbocycles. The maximum absolute atomic E-state index is 13.4. The lowest BCUT2D eigenvalue weighted by Gasteiger charge is -2.10. The molecular weight excluding hydrogens is 269 g/mol. The van der Waals surface area contributed by atoms with Crippen LogP contribution in [0, 0.1) is 5.82 Å². The van der Waals surface area contributed by atoms with Gasteiger partial charge in [0.2, 0.25) is 0 Å². The van der Waals surface area contributed by atoms with Crippen LogP contribution in [0.4, 0.5) is 15.8 Å². The average Bonchev–Trinajstić information content (AvgIpc) is 2.50. The fourth-order valence-corrected chi connectivity index (χ4v) is 2.16. The molecule has 21 heavy (non-hydrogen) atoms. The number of amides is 1. The van der Waals surface area contributed by atoms with Gasteiger partial charge in [-0.2, -0.15) is 0 Å². The fraction of sp³-hybridized carbons (Fsp3) is 0. The normalized spacial score (nSPS) is 10.5. The number of hydrogen-bond acceptors (Lipinski definition) is 3. The molecule has 5 heteroatoms. The lowest BCUT2D eigenvalue weighted by Crippen LogP contribution is -2.15. The molecule has 1 heterocycles. The van der Waals surface area contributed by atoms with Gasteiger partial charge in [-0.05, 0) is 24.3 Å². The van der Waals surface area contributed by atoms with Gasteiger partial charge < -0.3 is 11.1 Å². The standard InChI is InChI=1S/C16H12FN3O/c17-13-5-2-4-12(15(13)18)16(21)20-14-6-1-3-10-9-19-8-7-11(10)14/h1-9H,18H2,(H,20,21). The average molecular weight is 281 g/mol. The zero-order chi connectivity index (χ0) is 14.8. The van der Waals surface area contributed by atoms with Crippen LogP contribution in [-0.2, 0) is 0 Å². The number of nitrogens with two attached hydrogens (primary N) is 1. The van der Waals surface area contributed by atoms with Gasteiger partial charge in [-0.25, -0.2) is 4.39 Å². The zero-order valence-electron chi connectivity index (χ0n) is 11.0. The van der Waals surface area contributed by atoms with Crippen LogP contribution in [-0.4, -0.2) is 10.9 Å². The molecule has 3 N–H and O–H groups in total. The summed E-state index contributed by atoms with van der Waals surface area (Å²) in [6.45, 7) is 0. The number of pyridine rings is 1. The second-order valence-electron chi connectivity index (χ2n) is 4.56. The van der Waals surface area contributed by atoms with E-state index in [1.807, 2.05) is 12.1 Å². The summed E-state index contributed by atoms with van der Waals surface area (Å²) in [5.74, 6) is -1.05. The van der Waals surface area contributed by atoms with Crippen LogP contribution in [0.5, 0.6) is 0 Å². The number of benzene rings is 2. The van der Waals surface area contributed by atoms with Crippen molar-refractivity contribution in [1.82, 2.24) is 4.98 Å². The van der Waals surface area contributed by atoms with E-state index >= 15 is 0 Å². The minimum atomic E-state index is -0.607. The molecule has 2 aromatic carbocycles. The molecule has 0 aliphatic rings. The van der Waals surface area contributed by atoms with Crippen molar-refractivity contribution in [2.75, 3.05) is 11.1 Å². The van der Waals surface area contributed by atoms with E-state index in [9.17, 15) is 9.18 Å². The molecule has 0 bridgehead atoms. The predicted molar refractivity (Wildman–Crippen MR) is 80.5 cm³/mol. The molecule has 0 aliphatic heterocycles. The van der Waals surface area contributed by atoms with E-state index in [0.29, 0.717) is 5.69 Å². The van der Waals surface area contributed by atoms with E-state index in [1.54, 1.807) is 24.5 Å². The maximum Gasteiger partial charge on any atom is 0.257 e. The quantitative estimate of drug-likeness (QED) is 0.709. The largest absolute Gasteiger partial charge is 0.396 e. The van der Waals surface area contributed by atoms with Gasteiger partial charge in [-0.3, -0.25) is 9.78 Å². The highest BCUT2D eigenvalue weighted by Gasteiger charge is 2.13. The number of nitrogens with zero attached hydrogens (tertiary/aromatic N) is 1. The van der Waals surface area contributed by atoms with Crippen molar-refractivity contribution in [2.45, 2.75) is 0 Å². The van der Waals surface area contributed by atoms with E-state index in [4.69, 9.17) is 5.73 Å². The number of hydrogen-bond donors (Lipinski definition) is 2. The van der Waals surface area contributed by atoms with Crippen LogP contribution in [0.1, 0.15) is 10.4 Å². The third kappa shape index (κ3) is 2.41. The summed E-state index contributed by atoms with van der Waals surface area (Å²) in [4.78, 5) is 16.3. The number of nitrogens with one attached hydrogen (secondary N) is 1. The first kappa shape index (κ1) is 13.1. The molecule has 0 saturated carbocycles. The lowest BCUT2D eigenvalue weighted by atomic mass is 10.1. The SMILES string of the molecule is Nc1c(F)cccc1C(=O)Nc1cccc2cnccc12. The van der Waals surface area contributed by atoms with Crippen LogP contribution < -0.4 is 11.1 Å². The number of nitrogen functional groups attached to an aromatic ring is 1. The molecule has 104 valence electrons. The number of fused-ring (bicyclic) bond motifs is 1. The smallest absolute Gasteiger partial charge is 0.257 e. The third-order valence-electron chi connectivity index (χ3n) is 3.23. The van der Waals surface area contributed by atoms with Crippen molar-refractivity contribution in [3.63, 3.8) is 0 Å². The Hall–Kier alpha value is -2.95. The molecule has 3 rings (SSSR count). The van der Waals surface area contributed by atoms with Crippen LogP contribution >= 0.6 is 0 Å². The van der Waals surface area contributed by atoms with Gasteiger partial charge in [-0.15, -0.1) is 0 Å². The van der Waals surface area contributed by atoms with Gasteiger partial charge >= 0.3 is 0 Å². The summed E-state index contributed by atoms with van der Waals surface area (Å²) in [6, 6.07) is 11.4. The molecule has 1 aromatic heterocycles. The first-order chi connectivity index (χ1) is 10.2. The minimum absolute atomic E-state index is 0.112. The van der Waals surface area contributed by atoms with Gasteiger partial charge in [0.1, 0.15) is 5.82 Å². The number of anilines is 2. The second-order valence-corrected chi connectivity index (χ2v) is 4.56. The van der Waals surface area contributed by atoms with Crippen molar-refractivity contribution >= 4 is 28.1 Å². The molecular formula is C16H12FN3O. The van der Waals surface area contributed by atoms with Crippen molar-refractivity contribution in [3.8, 4) is 0 Å². The predicted octanol–water partition coefficient (Wildman–Crippen LogP) is 3.21. The summed E-state index contributed by atoms with van der Waals surface area (Å²) in [7, 11) is 0. The molecule has 0 atom stereocenters. The van der Waals surface area contributed by atoms with Crippen LogP contribution in [0.2, 0.25) is 0 Å². The Morgan fingerprint density at radius 2 is 1.95 bits per heavy atom. The summed E-state index contributed by atoms with van der Waals surface area (Å²) in [6.07, 6.45) is 3.36. The first-order valence-corrected chi connectivity index (χ1v) is 6.35. The van der Waals surface area contributed by atoms with Crippen LogP contribution in [0.3, 0.4) is 0 Å². The van der Waals surface area contributed by atoms with Gasteiger partial charge in [0.05, 0.1) is 11.3 Å². The topological polar surface area (TPSA) is 68.0 Å².